The molecule has 25 heavy (non-hydrogen) atoms. The Bertz CT molecular complexity index is 657. The van der Waals surface area contributed by atoms with E-state index in [0.29, 0.717) is 0 Å². The summed E-state index contributed by atoms with van der Waals surface area (Å²) in [5, 5.41) is 10.4. The quantitative estimate of drug-likeness (QED) is 0.477. The van der Waals surface area contributed by atoms with Crippen molar-refractivity contribution in [1.29, 1.82) is 0 Å². The van der Waals surface area contributed by atoms with Crippen molar-refractivity contribution in [3.63, 3.8) is 0 Å². The van der Waals surface area contributed by atoms with Gasteiger partial charge >= 0.3 is 0 Å². The molecule has 0 bridgehead atoms. The zero-order chi connectivity index (χ0) is 17.5. The monoisotopic (exact) mass is 377 g/mol. The highest BCUT2D eigenvalue weighted by molar-refractivity contribution is 7.14. The molecule has 0 unspecified atom stereocenters. The van der Waals surface area contributed by atoms with E-state index in [4.69, 9.17) is 0 Å². The number of thiazole rings is 1. The van der Waals surface area contributed by atoms with Gasteiger partial charge in [0.05, 0.1) is 10.0 Å². The summed E-state index contributed by atoms with van der Waals surface area (Å²) in [5.41, 5.74) is 1.14. The minimum atomic E-state index is 0.974. The molecule has 0 saturated carbocycles. The van der Waals surface area contributed by atoms with Crippen LogP contribution in [0.5, 0.6) is 0 Å². The molecule has 3 rings (SSSR count). The molecule has 1 aliphatic heterocycles. The number of anilines is 1. The lowest BCUT2D eigenvalue weighted by atomic mass is 10.2. The topological polar surface area (TPSA) is 43.8 Å². The molecule has 7 heteroatoms. The molecule has 3 heterocycles. The third kappa shape index (κ3) is 5.19. The maximum atomic E-state index is 4.52. The van der Waals surface area contributed by atoms with Gasteiger partial charge in [-0.25, -0.2) is 4.98 Å². The van der Waals surface area contributed by atoms with Gasteiger partial charge in [-0.15, -0.1) is 22.7 Å². The maximum absolute atomic E-state index is 4.52. The smallest absolute Gasteiger partial charge is 0.193 e. The normalized spacial score (nSPS) is 15.7. The van der Waals surface area contributed by atoms with Gasteiger partial charge in [0.1, 0.15) is 0 Å². The zero-order valence-corrected chi connectivity index (χ0v) is 16.7. The van der Waals surface area contributed by atoms with Gasteiger partial charge in [0.25, 0.3) is 0 Å². The summed E-state index contributed by atoms with van der Waals surface area (Å²) in [6.07, 6.45) is 3.40. The van der Waals surface area contributed by atoms with Gasteiger partial charge in [-0.3, -0.25) is 4.99 Å². The minimum absolute atomic E-state index is 0.974. The molecule has 0 aliphatic carbocycles. The number of nitrogens with zero attached hydrogens (tertiary/aromatic N) is 4. The Hall–Kier alpha value is -1.60. The second-order valence-corrected chi connectivity index (χ2v) is 8.11. The summed E-state index contributed by atoms with van der Waals surface area (Å²) in [5.74, 6) is 1.04. The number of piperazine rings is 1. The van der Waals surface area contributed by atoms with Crippen molar-refractivity contribution in [1.82, 2.24) is 15.2 Å². The number of hydrogen-bond acceptors (Lipinski definition) is 5. The Morgan fingerprint density at radius 1 is 1.24 bits per heavy atom. The lowest BCUT2D eigenvalue weighted by Crippen LogP contribution is -2.52. The number of rotatable bonds is 6. The highest BCUT2D eigenvalue weighted by Crippen LogP contribution is 2.22. The number of aromatic nitrogens is 1. The second kappa shape index (κ2) is 9.20. The van der Waals surface area contributed by atoms with Crippen molar-refractivity contribution in [3.8, 4) is 0 Å². The van der Waals surface area contributed by atoms with E-state index in [1.807, 2.05) is 18.4 Å². The Labute approximate surface area is 158 Å². The lowest BCUT2D eigenvalue weighted by Gasteiger charge is -2.37. The van der Waals surface area contributed by atoms with E-state index < -0.39 is 0 Å². The highest BCUT2D eigenvalue weighted by atomic mass is 32.1. The van der Waals surface area contributed by atoms with Crippen molar-refractivity contribution in [2.75, 3.05) is 44.7 Å². The van der Waals surface area contributed by atoms with Crippen molar-refractivity contribution in [2.24, 2.45) is 4.99 Å². The first-order chi connectivity index (χ1) is 12.3. The van der Waals surface area contributed by atoms with Gasteiger partial charge in [0.2, 0.25) is 0 Å². The summed E-state index contributed by atoms with van der Waals surface area (Å²) in [6.45, 7) is 7.20. The standard InChI is InChI=1S/C18H27N5S2/c1-15-14-25-16(21-15)6-3-4-8-20-18(19-2)23-11-9-22(10-12-23)17-7-5-13-24-17/h5,7,13-14H,3-4,6,8-12H2,1-2H3,(H,19,20). The molecule has 0 amide bonds. The lowest BCUT2D eigenvalue weighted by molar-refractivity contribution is 0.373. The maximum Gasteiger partial charge on any atom is 0.193 e. The molecular formula is C18H27N5S2. The summed E-state index contributed by atoms with van der Waals surface area (Å²) in [7, 11) is 1.88. The predicted molar refractivity (Wildman–Crippen MR) is 109 cm³/mol. The first kappa shape index (κ1) is 18.2. The van der Waals surface area contributed by atoms with Crippen LogP contribution in [0.4, 0.5) is 5.00 Å². The largest absolute Gasteiger partial charge is 0.360 e. The molecule has 2 aromatic rings. The number of guanidine groups is 1. The summed E-state index contributed by atoms with van der Waals surface area (Å²) in [4.78, 5) is 13.8. The van der Waals surface area contributed by atoms with Crippen LogP contribution in [-0.4, -0.2) is 55.6 Å². The van der Waals surface area contributed by atoms with Crippen LogP contribution in [0.15, 0.2) is 27.9 Å². The van der Waals surface area contributed by atoms with Crippen molar-refractivity contribution >= 4 is 33.6 Å². The average molecular weight is 378 g/mol. The van der Waals surface area contributed by atoms with E-state index in [1.54, 1.807) is 11.3 Å². The molecule has 0 atom stereocenters. The van der Waals surface area contributed by atoms with E-state index in [9.17, 15) is 0 Å². The molecule has 2 aromatic heterocycles. The Morgan fingerprint density at radius 3 is 2.72 bits per heavy atom. The molecule has 1 N–H and O–H groups in total. The van der Waals surface area contributed by atoms with Crippen LogP contribution >= 0.6 is 22.7 Å². The van der Waals surface area contributed by atoms with Gasteiger partial charge in [-0.05, 0) is 43.7 Å². The number of hydrogen-bond donors (Lipinski definition) is 1. The van der Waals surface area contributed by atoms with Crippen LogP contribution in [0.25, 0.3) is 0 Å². The predicted octanol–water partition coefficient (Wildman–Crippen LogP) is 3.23. The summed E-state index contributed by atoms with van der Waals surface area (Å²) >= 11 is 3.59. The van der Waals surface area contributed by atoms with Gasteiger partial charge in [0.15, 0.2) is 5.96 Å². The minimum Gasteiger partial charge on any atom is -0.360 e. The number of aliphatic imine (C=N–C) groups is 1. The van der Waals surface area contributed by atoms with E-state index in [-0.39, 0.29) is 0 Å². The van der Waals surface area contributed by atoms with E-state index >= 15 is 0 Å². The van der Waals surface area contributed by atoms with Crippen LogP contribution in [0.3, 0.4) is 0 Å². The fourth-order valence-electron chi connectivity index (χ4n) is 3.04. The van der Waals surface area contributed by atoms with Crippen molar-refractivity contribution < 1.29 is 0 Å². The summed E-state index contributed by atoms with van der Waals surface area (Å²) in [6, 6.07) is 4.33. The molecule has 1 saturated heterocycles. The van der Waals surface area contributed by atoms with Gasteiger partial charge in [-0.1, -0.05) is 0 Å². The van der Waals surface area contributed by atoms with Crippen LogP contribution in [-0.2, 0) is 6.42 Å². The summed E-state index contributed by atoms with van der Waals surface area (Å²) < 4.78 is 0. The second-order valence-electron chi connectivity index (χ2n) is 6.24. The number of aryl methyl sites for hydroxylation is 2. The van der Waals surface area contributed by atoms with Crippen molar-refractivity contribution in [3.05, 3.63) is 33.6 Å². The molecule has 5 nitrogen and oxygen atoms in total. The van der Waals surface area contributed by atoms with Gasteiger partial charge < -0.3 is 15.1 Å². The Balaban J connectivity index is 1.35. The Kier molecular flexibility index (Phi) is 6.69. The van der Waals surface area contributed by atoms with Gasteiger partial charge in [-0.2, -0.15) is 0 Å². The van der Waals surface area contributed by atoms with E-state index in [0.717, 1.165) is 57.2 Å². The number of unbranched alkanes of at least 4 members (excludes halogenated alkanes) is 1. The Morgan fingerprint density at radius 2 is 2.08 bits per heavy atom. The molecule has 0 radical (unpaired) electrons. The fraction of sp³-hybridized carbons (Fsp3) is 0.556. The first-order valence-corrected chi connectivity index (χ1v) is 10.7. The first-order valence-electron chi connectivity index (χ1n) is 8.91. The van der Waals surface area contributed by atoms with Gasteiger partial charge in [0, 0.05) is 50.8 Å². The molecule has 0 spiro atoms. The number of thiophene rings is 1. The van der Waals surface area contributed by atoms with Crippen LogP contribution in [0, 0.1) is 6.92 Å². The molecule has 1 aliphatic rings. The van der Waals surface area contributed by atoms with Crippen LogP contribution in [0.2, 0.25) is 0 Å². The SMILES string of the molecule is CN=C(NCCCCc1nc(C)cs1)N1CCN(c2cccs2)CC1. The third-order valence-corrected chi connectivity index (χ3v) is 6.33. The highest BCUT2D eigenvalue weighted by Gasteiger charge is 2.19. The van der Waals surface area contributed by atoms with Crippen LogP contribution in [0.1, 0.15) is 23.5 Å². The van der Waals surface area contributed by atoms with Crippen molar-refractivity contribution in [2.45, 2.75) is 26.2 Å². The fourth-order valence-corrected chi connectivity index (χ4v) is 4.64. The molecule has 136 valence electrons. The van der Waals surface area contributed by atoms with E-state index in [2.05, 4.69) is 54.9 Å². The van der Waals surface area contributed by atoms with Crippen LogP contribution < -0.4 is 10.2 Å². The third-order valence-electron chi connectivity index (χ3n) is 4.38. The molecule has 1 fully saturated rings. The molecule has 0 aromatic carbocycles. The zero-order valence-electron chi connectivity index (χ0n) is 15.1. The number of nitrogens with one attached hydrogen (secondary N) is 1. The molecular weight excluding hydrogens is 350 g/mol. The van der Waals surface area contributed by atoms with E-state index in [1.165, 1.54) is 16.4 Å². The average Bonchev–Trinajstić information content (AvgIpc) is 3.30.